The van der Waals surface area contributed by atoms with E-state index in [1.807, 2.05) is 12.1 Å². The Bertz CT molecular complexity index is 906. The van der Waals surface area contributed by atoms with Gasteiger partial charge in [-0.2, -0.15) is 0 Å². The van der Waals surface area contributed by atoms with Crippen LogP contribution in [0.15, 0.2) is 50.1 Å². The molecule has 126 valence electrons. The van der Waals surface area contributed by atoms with Gasteiger partial charge in [0.1, 0.15) is 5.84 Å². The van der Waals surface area contributed by atoms with E-state index < -0.39 is 10.0 Å². The molecule has 2 N–H and O–H groups in total. The Balaban J connectivity index is 1.56. The second-order valence-corrected chi connectivity index (χ2v) is 9.26. The van der Waals surface area contributed by atoms with Crippen molar-refractivity contribution in [3.8, 4) is 0 Å². The smallest absolute Gasteiger partial charge is 0.263 e. The van der Waals surface area contributed by atoms with E-state index in [0.717, 1.165) is 8.66 Å². The lowest BCUT2D eigenvalue weighted by Gasteiger charge is -2.02. The molecule has 0 fully saturated rings. The van der Waals surface area contributed by atoms with Gasteiger partial charge in [0.25, 0.3) is 10.0 Å². The van der Waals surface area contributed by atoms with Crippen molar-refractivity contribution in [1.82, 2.24) is 10.0 Å². The Morgan fingerprint density at radius 3 is 2.79 bits per heavy atom. The van der Waals surface area contributed by atoms with Crippen LogP contribution in [-0.4, -0.2) is 26.7 Å². The van der Waals surface area contributed by atoms with Gasteiger partial charge in [0, 0.05) is 16.9 Å². The molecule has 2 aromatic rings. The van der Waals surface area contributed by atoms with Gasteiger partial charge < -0.3 is 5.32 Å². The zero-order valence-electron chi connectivity index (χ0n) is 12.5. The molecule has 1 aliphatic heterocycles. The summed E-state index contributed by atoms with van der Waals surface area (Å²) in [5.74, 6) is 0.165. The Labute approximate surface area is 152 Å². The van der Waals surface area contributed by atoms with Crippen molar-refractivity contribution in [3.63, 3.8) is 0 Å². The summed E-state index contributed by atoms with van der Waals surface area (Å²) >= 11 is 4.94. The van der Waals surface area contributed by atoms with Crippen molar-refractivity contribution in [2.24, 2.45) is 4.99 Å². The van der Waals surface area contributed by atoms with Crippen molar-refractivity contribution in [1.29, 1.82) is 0 Å². The molecule has 1 aliphatic rings. The molecule has 2 heterocycles. The average Bonchev–Trinajstić information content (AvgIpc) is 3.07. The second-order valence-electron chi connectivity index (χ2n) is 5.06. The van der Waals surface area contributed by atoms with Crippen LogP contribution in [0.2, 0.25) is 0 Å². The third kappa shape index (κ3) is 3.85. The highest BCUT2D eigenvalue weighted by molar-refractivity contribution is 9.11. The number of amidine groups is 1. The minimum absolute atomic E-state index is 0.127. The Morgan fingerprint density at radius 1 is 1.25 bits per heavy atom. The Morgan fingerprint density at radius 2 is 2.04 bits per heavy atom. The van der Waals surface area contributed by atoms with E-state index in [1.54, 1.807) is 29.5 Å². The highest BCUT2D eigenvalue weighted by Crippen LogP contribution is 2.22. The minimum Gasteiger partial charge on any atom is -0.351 e. The van der Waals surface area contributed by atoms with Crippen LogP contribution in [0.25, 0.3) is 0 Å². The summed E-state index contributed by atoms with van der Waals surface area (Å²) in [5.41, 5.74) is 0.543. The SMILES string of the molecule is O=C(CCN=C1NS(=O)(=O)c2ccccc21)NCc1ccc(Br)s1. The fraction of sp³-hybridized carbons (Fsp3) is 0.200. The molecule has 0 unspecified atom stereocenters. The van der Waals surface area contributed by atoms with Gasteiger partial charge in [-0.25, -0.2) is 8.42 Å². The summed E-state index contributed by atoms with van der Waals surface area (Å²) in [7, 11) is -3.53. The van der Waals surface area contributed by atoms with Gasteiger partial charge in [-0.05, 0) is 40.2 Å². The van der Waals surface area contributed by atoms with Crippen LogP contribution in [-0.2, 0) is 21.4 Å². The summed E-state index contributed by atoms with van der Waals surface area (Å²) in [6.45, 7) is 0.688. The standard InChI is InChI=1S/C15H14BrN3O3S2/c16-13-6-5-10(23-13)9-18-14(20)7-8-17-15-11-3-1-2-4-12(11)24(21,22)19-15/h1-6H,7-9H2,(H,17,19)(H,18,20). The van der Waals surface area contributed by atoms with Gasteiger partial charge in [0.15, 0.2) is 0 Å². The summed E-state index contributed by atoms with van der Waals surface area (Å²) in [4.78, 5) is 17.3. The Hall–Kier alpha value is -1.71. The molecule has 1 aromatic heterocycles. The number of carbonyl (C=O) groups is 1. The first-order chi connectivity index (χ1) is 11.5. The molecule has 0 saturated carbocycles. The normalized spacial score (nSPS) is 16.6. The monoisotopic (exact) mass is 427 g/mol. The Kier molecular flexibility index (Phi) is 5.02. The summed E-state index contributed by atoms with van der Waals surface area (Å²) < 4.78 is 27.3. The maximum atomic E-state index is 11.9. The average molecular weight is 428 g/mol. The van der Waals surface area contributed by atoms with Gasteiger partial charge >= 0.3 is 0 Å². The third-order valence-electron chi connectivity index (χ3n) is 3.36. The van der Waals surface area contributed by atoms with Crippen molar-refractivity contribution >= 4 is 49.0 Å². The van der Waals surface area contributed by atoms with Gasteiger partial charge in [-0.3, -0.25) is 14.5 Å². The summed E-state index contributed by atoms with van der Waals surface area (Å²) in [5, 5.41) is 2.82. The number of fused-ring (bicyclic) bond motifs is 1. The first-order valence-corrected chi connectivity index (χ1v) is 10.2. The van der Waals surface area contributed by atoms with Crippen LogP contribution in [0, 0.1) is 0 Å². The zero-order valence-corrected chi connectivity index (χ0v) is 15.7. The van der Waals surface area contributed by atoms with Crippen LogP contribution in [0.3, 0.4) is 0 Å². The van der Waals surface area contributed by atoms with Crippen LogP contribution in [0.4, 0.5) is 0 Å². The van der Waals surface area contributed by atoms with Crippen molar-refractivity contribution < 1.29 is 13.2 Å². The highest BCUT2D eigenvalue weighted by atomic mass is 79.9. The lowest BCUT2D eigenvalue weighted by atomic mass is 10.2. The fourth-order valence-electron chi connectivity index (χ4n) is 2.24. The highest BCUT2D eigenvalue weighted by Gasteiger charge is 2.29. The number of sulfonamides is 1. The quantitative estimate of drug-likeness (QED) is 0.766. The largest absolute Gasteiger partial charge is 0.351 e. The number of aliphatic imine (C=N–C) groups is 1. The van der Waals surface area contributed by atoms with Crippen molar-refractivity contribution in [2.75, 3.05) is 6.54 Å². The molecule has 24 heavy (non-hydrogen) atoms. The number of carbonyl (C=O) groups excluding carboxylic acids is 1. The zero-order chi connectivity index (χ0) is 17.2. The van der Waals surface area contributed by atoms with Gasteiger partial charge in [-0.15, -0.1) is 11.3 Å². The molecule has 1 amide bonds. The number of rotatable bonds is 5. The van der Waals surface area contributed by atoms with Crippen LogP contribution in [0.5, 0.6) is 0 Å². The predicted molar refractivity (Wildman–Crippen MR) is 96.7 cm³/mol. The fourth-order valence-corrected chi connectivity index (χ4v) is 4.92. The number of hydrogen-bond acceptors (Lipinski definition) is 5. The van der Waals surface area contributed by atoms with E-state index in [0.29, 0.717) is 17.9 Å². The number of hydrogen-bond donors (Lipinski definition) is 2. The molecule has 0 aliphatic carbocycles. The molecule has 0 saturated heterocycles. The molecule has 3 rings (SSSR count). The van der Waals surface area contributed by atoms with E-state index in [1.165, 1.54) is 6.07 Å². The number of benzene rings is 1. The molecular formula is C15H14BrN3O3S2. The lowest BCUT2D eigenvalue weighted by Crippen LogP contribution is -2.25. The van der Waals surface area contributed by atoms with Crippen molar-refractivity contribution in [2.45, 2.75) is 17.9 Å². The molecule has 1 aromatic carbocycles. The minimum atomic E-state index is -3.53. The van der Waals surface area contributed by atoms with Crippen molar-refractivity contribution in [3.05, 3.63) is 50.6 Å². The van der Waals surface area contributed by atoms with E-state index in [4.69, 9.17) is 0 Å². The van der Waals surface area contributed by atoms with E-state index in [-0.39, 0.29) is 23.8 Å². The van der Waals surface area contributed by atoms with E-state index in [2.05, 4.69) is 31.0 Å². The first-order valence-electron chi connectivity index (χ1n) is 7.13. The van der Waals surface area contributed by atoms with E-state index in [9.17, 15) is 13.2 Å². The first kappa shape index (κ1) is 17.1. The second kappa shape index (κ2) is 7.04. The van der Waals surface area contributed by atoms with Gasteiger partial charge in [0.2, 0.25) is 5.91 Å². The molecule has 6 nitrogen and oxygen atoms in total. The topological polar surface area (TPSA) is 87.6 Å². The third-order valence-corrected chi connectivity index (χ3v) is 6.38. The van der Waals surface area contributed by atoms with E-state index >= 15 is 0 Å². The molecule has 0 bridgehead atoms. The number of nitrogens with one attached hydrogen (secondary N) is 2. The summed E-state index contributed by atoms with van der Waals surface area (Å²) in [6, 6.07) is 10.5. The van der Waals surface area contributed by atoms with Crippen LogP contribution < -0.4 is 10.0 Å². The lowest BCUT2D eigenvalue weighted by molar-refractivity contribution is -0.121. The molecule has 0 atom stereocenters. The maximum Gasteiger partial charge on any atom is 0.263 e. The molecule has 0 radical (unpaired) electrons. The molecular weight excluding hydrogens is 414 g/mol. The maximum absolute atomic E-state index is 11.9. The summed E-state index contributed by atoms with van der Waals surface area (Å²) in [6.07, 6.45) is 0.194. The number of halogens is 1. The predicted octanol–water partition coefficient (Wildman–Crippen LogP) is 2.26. The number of thiophene rings is 1. The van der Waals surface area contributed by atoms with Gasteiger partial charge in [0.05, 0.1) is 21.8 Å². The molecule has 0 spiro atoms. The van der Waals surface area contributed by atoms with Crippen LogP contribution in [0.1, 0.15) is 16.9 Å². The number of amides is 1. The van der Waals surface area contributed by atoms with Gasteiger partial charge in [-0.1, -0.05) is 12.1 Å². The molecule has 9 heteroatoms. The number of nitrogens with zero attached hydrogens (tertiary/aromatic N) is 1. The van der Waals surface area contributed by atoms with Crippen LogP contribution >= 0.6 is 27.3 Å².